The van der Waals surface area contributed by atoms with E-state index in [1.54, 1.807) is 7.11 Å². The zero-order valence-corrected chi connectivity index (χ0v) is 10.2. The molecule has 1 aliphatic rings. The summed E-state index contributed by atoms with van der Waals surface area (Å²) in [6.07, 6.45) is 3.00. The molecule has 92 valence electrons. The summed E-state index contributed by atoms with van der Waals surface area (Å²) in [7, 11) is 1.61. The summed E-state index contributed by atoms with van der Waals surface area (Å²) < 4.78 is 5.17. The first-order valence-electron chi connectivity index (χ1n) is 5.81. The van der Waals surface area contributed by atoms with E-state index in [0.29, 0.717) is 6.42 Å². The smallest absolute Gasteiger partial charge is 0.310 e. The lowest BCUT2D eigenvalue weighted by Gasteiger charge is -2.37. The minimum Gasteiger partial charge on any atom is -0.497 e. The first-order chi connectivity index (χ1) is 8.05. The Morgan fingerprint density at radius 2 is 2.24 bits per heavy atom. The molecule has 0 aromatic carbocycles. The van der Waals surface area contributed by atoms with Crippen LogP contribution in [0.2, 0.25) is 0 Å². The number of hydrogen-bond acceptors (Lipinski definition) is 3. The predicted octanol–water partition coefficient (Wildman–Crippen LogP) is 2.20. The molecule has 1 aliphatic carbocycles. The highest BCUT2D eigenvalue weighted by atomic mass is 16.5. The van der Waals surface area contributed by atoms with E-state index in [9.17, 15) is 9.90 Å². The van der Waals surface area contributed by atoms with Crippen LogP contribution in [0.4, 0.5) is 0 Å². The van der Waals surface area contributed by atoms with Crippen LogP contribution in [0.3, 0.4) is 0 Å². The summed E-state index contributed by atoms with van der Waals surface area (Å²) in [5, 5.41) is 9.28. The number of rotatable bonds is 4. The van der Waals surface area contributed by atoms with Gasteiger partial charge in [-0.15, -0.1) is 0 Å². The summed E-state index contributed by atoms with van der Waals surface area (Å²) in [5.41, 5.74) is 1.08. The topological polar surface area (TPSA) is 59.4 Å². The van der Waals surface area contributed by atoms with Gasteiger partial charge in [0.25, 0.3) is 0 Å². The lowest BCUT2D eigenvalue weighted by atomic mass is 9.66. The number of carboxylic acid groups (broad SMARTS) is 1. The van der Waals surface area contributed by atoms with Crippen molar-refractivity contribution in [2.45, 2.75) is 32.6 Å². The lowest BCUT2D eigenvalue weighted by Crippen LogP contribution is -2.40. The van der Waals surface area contributed by atoms with Gasteiger partial charge < -0.3 is 9.84 Å². The lowest BCUT2D eigenvalue weighted by molar-refractivity contribution is -0.154. The first kappa shape index (κ1) is 11.9. The molecular weight excluding hydrogens is 218 g/mol. The number of aliphatic carboxylic acids is 1. The second-order valence-corrected chi connectivity index (χ2v) is 4.76. The van der Waals surface area contributed by atoms with Gasteiger partial charge in [-0.05, 0) is 19.8 Å². The molecule has 1 aromatic heterocycles. The van der Waals surface area contributed by atoms with Crippen molar-refractivity contribution in [2.75, 3.05) is 7.11 Å². The number of nitrogens with zero attached hydrogens (tertiary/aromatic N) is 1. The number of carbonyl (C=O) groups is 1. The summed E-state index contributed by atoms with van der Waals surface area (Å²) in [6.45, 7) is 1.89. The number of aromatic nitrogens is 1. The molecule has 1 saturated carbocycles. The first-order valence-corrected chi connectivity index (χ1v) is 5.81. The molecule has 0 atom stereocenters. The molecule has 0 spiro atoms. The zero-order chi connectivity index (χ0) is 12.5. The van der Waals surface area contributed by atoms with E-state index in [2.05, 4.69) is 4.98 Å². The quantitative estimate of drug-likeness (QED) is 0.869. The molecule has 1 fully saturated rings. The maximum Gasteiger partial charge on any atom is 0.310 e. The second kappa shape index (κ2) is 4.35. The molecule has 0 bridgehead atoms. The highest BCUT2D eigenvalue weighted by Gasteiger charge is 2.44. The van der Waals surface area contributed by atoms with Crippen molar-refractivity contribution in [3.8, 4) is 5.75 Å². The van der Waals surface area contributed by atoms with Gasteiger partial charge in [0.1, 0.15) is 5.75 Å². The maximum absolute atomic E-state index is 11.3. The second-order valence-electron chi connectivity index (χ2n) is 4.76. The Bertz CT molecular complexity index is 438. The largest absolute Gasteiger partial charge is 0.497 e. The summed E-state index contributed by atoms with van der Waals surface area (Å²) in [6, 6.07) is 3.67. The minimum absolute atomic E-state index is 0.500. The van der Waals surface area contributed by atoms with Crippen LogP contribution in [0.5, 0.6) is 5.75 Å². The van der Waals surface area contributed by atoms with Crippen molar-refractivity contribution in [1.82, 2.24) is 4.98 Å². The van der Waals surface area contributed by atoms with Crippen molar-refractivity contribution in [3.63, 3.8) is 0 Å². The third kappa shape index (κ3) is 2.25. The fourth-order valence-electron chi connectivity index (χ4n) is 2.33. The number of ether oxygens (including phenoxy) is 1. The van der Waals surface area contributed by atoms with E-state index in [-0.39, 0.29) is 0 Å². The number of pyridine rings is 1. The highest BCUT2D eigenvalue weighted by molar-refractivity contribution is 5.76. The molecule has 0 aliphatic heterocycles. The van der Waals surface area contributed by atoms with Gasteiger partial charge in [-0.25, -0.2) is 0 Å². The van der Waals surface area contributed by atoms with Gasteiger partial charge in [-0.2, -0.15) is 0 Å². The molecule has 4 heteroatoms. The predicted molar refractivity (Wildman–Crippen MR) is 63.1 cm³/mol. The van der Waals surface area contributed by atoms with Crippen LogP contribution in [0.15, 0.2) is 12.1 Å². The molecule has 2 rings (SSSR count). The van der Waals surface area contributed by atoms with Crippen molar-refractivity contribution in [3.05, 3.63) is 23.5 Å². The molecule has 0 unspecified atom stereocenters. The fourth-order valence-corrected chi connectivity index (χ4v) is 2.33. The Hall–Kier alpha value is -1.58. The van der Waals surface area contributed by atoms with Crippen LogP contribution in [0.1, 0.15) is 30.7 Å². The Labute approximate surface area is 101 Å². The number of aryl methyl sites for hydroxylation is 1. The average Bonchev–Trinajstić information content (AvgIpc) is 2.22. The average molecular weight is 235 g/mol. The van der Waals surface area contributed by atoms with Gasteiger partial charge in [0.2, 0.25) is 0 Å². The molecule has 17 heavy (non-hydrogen) atoms. The number of methoxy groups -OCH3 is 1. The molecule has 1 N–H and O–H groups in total. The van der Waals surface area contributed by atoms with Crippen molar-refractivity contribution < 1.29 is 14.6 Å². The van der Waals surface area contributed by atoms with E-state index in [1.807, 2.05) is 19.1 Å². The van der Waals surface area contributed by atoms with E-state index in [4.69, 9.17) is 4.74 Å². The van der Waals surface area contributed by atoms with E-state index in [0.717, 1.165) is 36.4 Å². The van der Waals surface area contributed by atoms with Gasteiger partial charge in [-0.1, -0.05) is 6.42 Å². The molecule has 1 heterocycles. The number of hydrogen-bond donors (Lipinski definition) is 1. The molecular formula is C13H17NO3. The van der Waals surface area contributed by atoms with Gasteiger partial charge in [0, 0.05) is 29.9 Å². The van der Waals surface area contributed by atoms with E-state index in [1.165, 1.54) is 0 Å². The van der Waals surface area contributed by atoms with Gasteiger partial charge in [-0.3, -0.25) is 9.78 Å². The van der Waals surface area contributed by atoms with Crippen molar-refractivity contribution in [2.24, 2.45) is 5.41 Å². The van der Waals surface area contributed by atoms with Crippen LogP contribution in [-0.2, 0) is 11.2 Å². The highest BCUT2D eigenvalue weighted by Crippen LogP contribution is 2.43. The Balaban J connectivity index is 2.23. The standard InChI is InChI=1S/C13H17NO3/c1-9-6-11(17-2)7-10(14-9)8-13(12(15)16)4-3-5-13/h6-7H,3-5,8H2,1-2H3,(H,15,16). The minimum atomic E-state index is -0.703. The normalized spacial score (nSPS) is 17.3. The van der Waals surface area contributed by atoms with Crippen LogP contribution in [-0.4, -0.2) is 23.2 Å². The third-order valence-electron chi connectivity index (χ3n) is 3.50. The molecule has 1 aromatic rings. The van der Waals surface area contributed by atoms with Gasteiger partial charge in [0.15, 0.2) is 0 Å². The Morgan fingerprint density at radius 1 is 1.53 bits per heavy atom. The third-order valence-corrected chi connectivity index (χ3v) is 3.50. The van der Waals surface area contributed by atoms with E-state index < -0.39 is 11.4 Å². The van der Waals surface area contributed by atoms with Crippen LogP contribution >= 0.6 is 0 Å². The zero-order valence-electron chi connectivity index (χ0n) is 10.2. The van der Waals surface area contributed by atoms with Gasteiger partial charge >= 0.3 is 5.97 Å². The molecule has 0 amide bonds. The van der Waals surface area contributed by atoms with Crippen molar-refractivity contribution >= 4 is 5.97 Å². The van der Waals surface area contributed by atoms with Crippen LogP contribution in [0.25, 0.3) is 0 Å². The summed E-state index contributed by atoms with van der Waals surface area (Å²) in [5.74, 6) is 0.0402. The Morgan fingerprint density at radius 3 is 2.71 bits per heavy atom. The van der Waals surface area contributed by atoms with E-state index >= 15 is 0 Å². The van der Waals surface area contributed by atoms with Crippen LogP contribution < -0.4 is 4.74 Å². The van der Waals surface area contributed by atoms with Gasteiger partial charge in [0.05, 0.1) is 12.5 Å². The van der Waals surface area contributed by atoms with Crippen molar-refractivity contribution in [1.29, 1.82) is 0 Å². The molecule has 4 nitrogen and oxygen atoms in total. The summed E-state index contributed by atoms with van der Waals surface area (Å²) >= 11 is 0. The monoisotopic (exact) mass is 235 g/mol. The van der Waals surface area contributed by atoms with Crippen LogP contribution in [0, 0.1) is 12.3 Å². The maximum atomic E-state index is 11.3. The molecule has 0 saturated heterocycles. The Kier molecular flexibility index (Phi) is 3.05. The number of carboxylic acids is 1. The molecule has 0 radical (unpaired) electrons. The summed E-state index contributed by atoms with van der Waals surface area (Å²) in [4.78, 5) is 15.7. The fraction of sp³-hybridized carbons (Fsp3) is 0.538. The SMILES string of the molecule is COc1cc(C)nc(CC2(C(=O)O)CCC2)c1.